The number of hydrogen-bond acceptors (Lipinski definition) is 4. The molecule has 138 valence electrons. The maximum atomic E-state index is 12.8. The number of rotatable bonds is 3. The minimum atomic E-state index is -0.432. The summed E-state index contributed by atoms with van der Waals surface area (Å²) in [5.74, 6) is -1.21. The minimum Gasteiger partial charge on any atom is -0.459 e. The molecule has 0 unspecified atom stereocenters. The lowest BCUT2D eigenvalue weighted by Crippen LogP contribution is -2.29. The lowest BCUT2D eigenvalue weighted by atomic mass is 9.97. The van der Waals surface area contributed by atoms with Crippen LogP contribution in [0.4, 0.5) is 5.69 Å². The van der Waals surface area contributed by atoms with Crippen LogP contribution in [0.15, 0.2) is 42.5 Å². The average molecular weight is 363 g/mol. The van der Waals surface area contributed by atoms with Crippen LogP contribution in [0.1, 0.15) is 68.7 Å². The van der Waals surface area contributed by atoms with E-state index in [2.05, 4.69) is 0 Å². The van der Waals surface area contributed by atoms with Gasteiger partial charge < -0.3 is 4.74 Å². The molecule has 5 heteroatoms. The highest BCUT2D eigenvalue weighted by Gasteiger charge is 2.37. The fourth-order valence-corrected chi connectivity index (χ4v) is 3.77. The lowest BCUT2D eigenvalue weighted by Gasteiger charge is -2.21. The van der Waals surface area contributed by atoms with E-state index in [1.165, 1.54) is 12.5 Å². The third kappa shape index (κ3) is 3.25. The third-order valence-corrected chi connectivity index (χ3v) is 5.21. The molecule has 1 heterocycles. The predicted molar refractivity (Wildman–Crippen MR) is 101 cm³/mol. The second kappa shape index (κ2) is 6.99. The van der Waals surface area contributed by atoms with Gasteiger partial charge in [0, 0.05) is 0 Å². The molecule has 0 bridgehead atoms. The van der Waals surface area contributed by atoms with Crippen molar-refractivity contribution in [1.82, 2.24) is 0 Å². The van der Waals surface area contributed by atoms with Crippen molar-refractivity contribution in [2.45, 2.75) is 45.1 Å². The second-order valence-corrected chi connectivity index (χ2v) is 7.21. The summed E-state index contributed by atoms with van der Waals surface area (Å²) in [7, 11) is 0. The fraction of sp³-hybridized carbons (Fsp3) is 0.318. The van der Waals surface area contributed by atoms with Crippen molar-refractivity contribution in [3.05, 3.63) is 64.7 Å². The first-order chi connectivity index (χ1) is 13.0. The van der Waals surface area contributed by atoms with Gasteiger partial charge in [0.15, 0.2) is 0 Å². The second-order valence-electron chi connectivity index (χ2n) is 7.21. The molecule has 0 spiro atoms. The van der Waals surface area contributed by atoms with Gasteiger partial charge in [-0.05, 0) is 68.5 Å². The van der Waals surface area contributed by atoms with Gasteiger partial charge in [-0.2, -0.15) is 0 Å². The zero-order chi connectivity index (χ0) is 19.0. The highest BCUT2D eigenvalue weighted by atomic mass is 16.5. The first-order valence-electron chi connectivity index (χ1n) is 9.35. The van der Waals surface area contributed by atoms with Crippen LogP contribution in [0.3, 0.4) is 0 Å². The van der Waals surface area contributed by atoms with Gasteiger partial charge in [0.1, 0.15) is 6.10 Å². The number of benzene rings is 2. The summed E-state index contributed by atoms with van der Waals surface area (Å²) >= 11 is 0. The van der Waals surface area contributed by atoms with E-state index >= 15 is 0 Å². The standard InChI is InChI=1S/C22H21NO4/c1-14-6-5-7-16(12-14)23-20(24)18-11-10-15(13-19(18)21(23)25)22(26)27-17-8-3-2-4-9-17/h5-7,10-13,17H,2-4,8-9H2,1H3. The molecule has 0 saturated heterocycles. The largest absolute Gasteiger partial charge is 0.459 e. The third-order valence-electron chi connectivity index (χ3n) is 5.21. The molecule has 2 aliphatic rings. The van der Waals surface area contributed by atoms with Gasteiger partial charge in [-0.3, -0.25) is 9.59 Å². The van der Waals surface area contributed by atoms with Gasteiger partial charge in [0.25, 0.3) is 11.8 Å². The fourth-order valence-electron chi connectivity index (χ4n) is 3.77. The Hall–Kier alpha value is -2.95. The Morgan fingerprint density at radius 3 is 2.44 bits per heavy atom. The maximum absolute atomic E-state index is 12.8. The van der Waals surface area contributed by atoms with E-state index in [-0.39, 0.29) is 17.6 Å². The summed E-state index contributed by atoms with van der Waals surface area (Å²) in [5, 5.41) is 0. The van der Waals surface area contributed by atoms with Crippen molar-refractivity contribution in [1.29, 1.82) is 0 Å². The molecule has 0 radical (unpaired) electrons. The Morgan fingerprint density at radius 2 is 1.70 bits per heavy atom. The number of amides is 2. The molecule has 2 aromatic carbocycles. The Balaban J connectivity index is 1.59. The predicted octanol–water partition coefficient (Wildman–Crippen LogP) is 4.29. The molecule has 27 heavy (non-hydrogen) atoms. The number of anilines is 1. The van der Waals surface area contributed by atoms with E-state index in [0.717, 1.165) is 36.1 Å². The summed E-state index contributed by atoms with van der Waals surface area (Å²) in [6.07, 6.45) is 5.03. The molecule has 4 rings (SSSR count). The topological polar surface area (TPSA) is 63.7 Å². The lowest BCUT2D eigenvalue weighted by molar-refractivity contribution is 0.0211. The van der Waals surface area contributed by atoms with E-state index in [1.807, 2.05) is 13.0 Å². The van der Waals surface area contributed by atoms with Gasteiger partial charge >= 0.3 is 5.97 Å². The van der Waals surface area contributed by atoms with Crippen LogP contribution >= 0.6 is 0 Å². The van der Waals surface area contributed by atoms with Crippen LogP contribution in [0.2, 0.25) is 0 Å². The zero-order valence-electron chi connectivity index (χ0n) is 15.2. The highest BCUT2D eigenvalue weighted by molar-refractivity contribution is 6.34. The quantitative estimate of drug-likeness (QED) is 0.603. The molecule has 0 aromatic heterocycles. The molecule has 1 fully saturated rings. The van der Waals surface area contributed by atoms with Gasteiger partial charge in [-0.25, -0.2) is 9.69 Å². The molecule has 2 amide bonds. The molecule has 0 N–H and O–H groups in total. The van der Waals surface area contributed by atoms with Crippen LogP contribution in [-0.2, 0) is 4.74 Å². The van der Waals surface area contributed by atoms with Crippen molar-refractivity contribution < 1.29 is 19.1 Å². The SMILES string of the molecule is Cc1cccc(N2C(=O)c3ccc(C(=O)OC4CCCCC4)cc3C2=O)c1. The summed E-state index contributed by atoms with van der Waals surface area (Å²) in [5.41, 5.74) is 2.37. The normalized spacial score (nSPS) is 17.1. The molecule has 5 nitrogen and oxygen atoms in total. The van der Waals surface area contributed by atoms with Crippen LogP contribution in [-0.4, -0.2) is 23.9 Å². The van der Waals surface area contributed by atoms with Gasteiger partial charge in [-0.15, -0.1) is 0 Å². The van der Waals surface area contributed by atoms with Crippen molar-refractivity contribution in [3.63, 3.8) is 0 Å². The van der Waals surface area contributed by atoms with Crippen LogP contribution in [0.5, 0.6) is 0 Å². The van der Waals surface area contributed by atoms with Crippen molar-refractivity contribution in [3.8, 4) is 0 Å². The molecule has 1 aliphatic heterocycles. The van der Waals surface area contributed by atoms with E-state index in [1.54, 1.807) is 30.3 Å². The number of carbonyl (C=O) groups is 3. The Morgan fingerprint density at radius 1 is 0.963 bits per heavy atom. The number of nitrogens with zero attached hydrogens (tertiary/aromatic N) is 1. The van der Waals surface area contributed by atoms with Crippen molar-refractivity contribution >= 4 is 23.5 Å². The Bertz CT molecular complexity index is 928. The number of imide groups is 1. The molecule has 1 saturated carbocycles. The first kappa shape index (κ1) is 17.5. The summed E-state index contributed by atoms with van der Waals surface area (Å²) in [4.78, 5) is 39.2. The van der Waals surface area contributed by atoms with Crippen molar-refractivity contribution in [2.24, 2.45) is 0 Å². The van der Waals surface area contributed by atoms with E-state index < -0.39 is 11.9 Å². The number of hydrogen-bond donors (Lipinski definition) is 0. The molecule has 2 aromatic rings. The smallest absolute Gasteiger partial charge is 0.338 e. The summed E-state index contributed by atoms with van der Waals surface area (Å²) in [6.45, 7) is 1.90. The highest BCUT2D eigenvalue weighted by Crippen LogP contribution is 2.30. The zero-order valence-corrected chi connectivity index (χ0v) is 15.2. The number of esters is 1. The molecule has 1 aliphatic carbocycles. The summed E-state index contributed by atoms with van der Waals surface area (Å²) < 4.78 is 5.58. The van der Waals surface area contributed by atoms with Crippen LogP contribution in [0, 0.1) is 6.92 Å². The molecular weight excluding hydrogens is 342 g/mol. The number of carbonyl (C=O) groups excluding carboxylic acids is 3. The van der Waals surface area contributed by atoms with Crippen molar-refractivity contribution in [2.75, 3.05) is 4.90 Å². The van der Waals surface area contributed by atoms with Crippen LogP contribution in [0.25, 0.3) is 0 Å². The monoisotopic (exact) mass is 363 g/mol. The van der Waals surface area contributed by atoms with Gasteiger partial charge in [-0.1, -0.05) is 18.6 Å². The first-order valence-corrected chi connectivity index (χ1v) is 9.35. The number of ether oxygens (including phenoxy) is 1. The van der Waals surface area contributed by atoms with E-state index in [9.17, 15) is 14.4 Å². The van der Waals surface area contributed by atoms with Gasteiger partial charge in [0.2, 0.25) is 0 Å². The Kier molecular flexibility index (Phi) is 4.52. The number of fused-ring (bicyclic) bond motifs is 1. The number of aryl methyl sites for hydroxylation is 1. The average Bonchev–Trinajstić information content (AvgIpc) is 2.92. The van der Waals surface area contributed by atoms with E-state index in [4.69, 9.17) is 4.74 Å². The van der Waals surface area contributed by atoms with Crippen LogP contribution < -0.4 is 4.90 Å². The summed E-state index contributed by atoms with van der Waals surface area (Å²) in [6, 6.07) is 11.8. The molecule has 0 atom stereocenters. The van der Waals surface area contributed by atoms with Gasteiger partial charge in [0.05, 0.1) is 22.4 Å². The Labute approximate surface area is 157 Å². The van der Waals surface area contributed by atoms with E-state index in [0.29, 0.717) is 16.8 Å². The molecular formula is C22H21NO4. The maximum Gasteiger partial charge on any atom is 0.338 e. The minimum absolute atomic E-state index is 0.0550.